The molecule has 0 fully saturated rings. The Kier molecular flexibility index (Phi) is 4.67. The van der Waals surface area contributed by atoms with Crippen molar-refractivity contribution in [2.24, 2.45) is 0 Å². The van der Waals surface area contributed by atoms with Crippen LogP contribution in [-0.2, 0) is 14.3 Å². The first-order chi connectivity index (χ1) is 10.2. The van der Waals surface area contributed by atoms with Gasteiger partial charge in [0, 0.05) is 12.3 Å². The lowest BCUT2D eigenvalue weighted by molar-refractivity contribution is -0.158. The summed E-state index contributed by atoms with van der Waals surface area (Å²) in [6, 6.07) is 7.65. The first-order valence-electron chi connectivity index (χ1n) is 6.63. The summed E-state index contributed by atoms with van der Waals surface area (Å²) in [5.74, 6) is -0.509. The van der Waals surface area contributed by atoms with E-state index in [9.17, 15) is 9.59 Å². The van der Waals surface area contributed by atoms with Crippen molar-refractivity contribution in [2.45, 2.75) is 33.3 Å². The van der Waals surface area contributed by atoms with Gasteiger partial charge in [0.05, 0.1) is 11.2 Å². The van der Waals surface area contributed by atoms with Gasteiger partial charge in [-0.2, -0.15) is 5.10 Å². The Hall–Kier alpha value is -1.73. The highest BCUT2D eigenvalue weighted by atomic mass is 32.2. The SMILES string of the molecule is CC(=O)OC(C)(C)C(=O)SC(=S)n1nc(C)c2ccccc21. The van der Waals surface area contributed by atoms with E-state index in [0.29, 0.717) is 4.32 Å². The van der Waals surface area contributed by atoms with E-state index in [1.807, 2.05) is 31.2 Å². The molecule has 116 valence electrons. The highest BCUT2D eigenvalue weighted by Gasteiger charge is 2.33. The normalized spacial score (nSPS) is 11.5. The molecule has 7 heteroatoms. The van der Waals surface area contributed by atoms with Gasteiger partial charge in [0.15, 0.2) is 9.92 Å². The highest BCUT2D eigenvalue weighted by Crippen LogP contribution is 2.24. The molecule has 0 aliphatic heterocycles. The number of carbonyl (C=O) groups excluding carboxylic acids is 2. The topological polar surface area (TPSA) is 61.2 Å². The maximum absolute atomic E-state index is 12.3. The van der Waals surface area contributed by atoms with Gasteiger partial charge in [-0.1, -0.05) is 18.2 Å². The number of carbonyl (C=O) groups is 2. The molecular formula is C15H16N2O3S2. The molecule has 2 aromatic rings. The summed E-state index contributed by atoms with van der Waals surface area (Å²) in [5.41, 5.74) is 0.444. The van der Waals surface area contributed by atoms with Crippen LogP contribution in [0.3, 0.4) is 0 Å². The number of fused-ring (bicyclic) bond motifs is 1. The molecular weight excluding hydrogens is 320 g/mol. The Bertz CT molecular complexity index is 765. The molecule has 2 rings (SSSR count). The Labute approximate surface area is 138 Å². The van der Waals surface area contributed by atoms with E-state index in [0.717, 1.165) is 28.4 Å². The lowest BCUT2D eigenvalue weighted by Crippen LogP contribution is -2.35. The third-order valence-corrected chi connectivity index (χ3v) is 4.46. The van der Waals surface area contributed by atoms with Gasteiger partial charge >= 0.3 is 5.97 Å². The largest absolute Gasteiger partial charge is 0.451 e. The molecule has 0 bridgehead atoms. The van der Waals surface area contributed by atoms with Crippen molar-refractivity contribution in [3.8, 4) is 0 Å². The number of nitrogens with zero attached hydrogens (tertiary/aromatic N) is 2. The van der Waals surface area contributed by atoms with E-state index in [4.69, 9.17) is 17.0 Å². The Morgan fingerprint density at radius 2 is 1.95 bits per heavy atom. The summed E-state index contributed by atoms with van der Waals surface area (Å²) in [5, 5.41) is 5.02. The molecule has 0 amide bonds. The number of thioether (sulfide) groups is 1. The van der Waals surface area contributed by atoms with E-state index in [-0.39, 0.29) is 5.12 Å². The van der Waals surface area contributed by atoms with E-state index in [1.54, 1.807) is 18.5 Å². The fourth-order valence-corrected chi connectivity index (χ4v) is 3.05. The molecule has 0 unspecified atom stereocenters. The predicted molar refractivity (Wildman–Crippen MR) is 90.9 cm³/mol. The zero-order valence-corrected chi connectivity index (χ0v) is 14.4. The van der Waals surface area contributed by atoms with Crippen LogP contribution in [0.15, 0.2) is 24.3 Å². The monoisotopic (exact) mass is 336 g/mol. The third-order valence-electron chi connectivity index (χ3n) is 3.02. The predicted octanol–water partition coefficient (Wildman–Crippen LogP) is 3.08. The molecule has 0 atom stereocenters. The quantitative estimate of drug-likeness (QED) is 0.620. The molecule has 0 spiro atoms. The van der Waals surface area contributed by atoms with Crippen LogP contribution in [0.25, 0.3) is 10.9 Å². The maximum Gasteiger partial charge on any atom is 0.303 e. The minimum absolute atomic E-state index is 0.300. The molecule has 0 aliphatic carbocycles. The number of ether oxygens (including phenoxy) is 1. The standard InChI is InChI=1S/C15H16N2O3S2/c1-9-11-7-5-6-8-12(11)17(16-9)14(21)22-13(19)15(3,4)20-10(2)18/h5-8H,1-4H3. The summed E-state index contributed by atoms with van der Waals surface area (Å²) >= 11 is 6.17. The summed E-state index contributed by atoms with van der Waals surface area (Å²) in [6.07, 6.45) is 0. The van der Waals surface area contributed by atoms with Crippen LogP contribution < -0.4 is 0 Å². The van der Waals surface area contributed by atoms with Crippen molar-refractivity contribution in [3.05, 3.63) is 30.0 Å². The van der Waals surface area contributed by atoms with Crippen LogP contribution in [0.5, 0.6) is 0 Å². The molecule has 0 saturated heterocycles. The average Bonchev–Trinajstić information content (AvgIpc) is 2.75. The van der Waals surface area contributed by atoms with Crippen molar-refractivity contribution in [1.29, 1.82) is 0 Å². The number of esters is 1. The lowest BCUT2D eigenvalue weighted by atomic mass is 10.2. The Balaban J connectivity index is 2.25. The number of hydrogen-bond acceptors (Lipinski definition) is 6. The van der Waals surface area contributed by atoms with Gasteiger partial charge < -0.3 is 4.74 Å². The lowest BCUT2D eigenvalue weighted by Gasteiger charge is -2.22. The molecule has 1 aromatic carbocycles. The number of para-hydroxylation sites is 1. The minimum atomic E-state index is -1.24. The van der Waals surface area contributed by atoms with Crippen molar-refractivity contribution >= 4 is 50.3 Å². The smallest absolute Gasteiger partial charge is 0.303 e. The molecule has 0 N–H and O–H groups in total. The van der Waals surface area contributed by atoms with Crippen molar-refractivity contribution in [1.82, 2.24) is 9.78 Å². The van der Waals surface area contributed by atoms with Crippen molar-refractivity contribution < 1.29 is 14.3 Å². The second-order valence-corrected chi connectivity index (χ2v) is 6.88. The highest BCUT2D eigenvalue weighted by molar-refractivity contribution is 8.33. The van der Waals surface area contributed by atoms with Crippen LogP contribution >= 0.6 is 24.0 Å². The number of aryl methyl sites for hydroxylation is 1. The Morgan fingerprint density at radius 3 is 2.59 bits per heavy atom. The molecule has 0 radical (unpaired) electrons. The fourth-order valence-electron chi connectivity index (χ4n) is 2.01. The van der Waals surface area contributed by atoms with E-state index in [1.165, 1.54) is 6.92 Å². The second kappa shape index (κ2) is 6.18. The third kappa shape index (κ3) is 3.36. The minimum Gasteiger partial charge on any atom is -0.451 e. The number of hydrogen-bond donors (Lipinski definition) is 0. The van der Waals surface area contributed by atoms with E-state index >= 15 is 0 Å². The molecule has 5 nitrogen and oxygen atoms in total. The van der Waals surface area contributed by atoms with Gasteiger partial charge in [-0.3, -0.25) is 9.59 Å². The van der Waals surface area contributed by atoms with Crippen LogP contribution in [0.2, 0.25) is 0 Å². The zero-order valence-electron chi connectivity index (χ0n) is 12.7. The first-order valence-corrected chi connectivity index (χ1v) is 7.85. The van der Waals surface area contributed by atoms with Crippen LogP contribution in [0.1, 0.15) is 26.5 Å². The number of benzene rings is 1. The van der Waals surface area contributed by atoms with Gasteiger partial charge in [0.1, 0.15) is 0 Å². The van der Waals surface area contributed by atoms with E-state index < -0.39 is 11.6 Å². The summed E-state index contributed by atoms with van der Waals surface area (Å²) in [6.45, 7) is 6.23. The number of rotatable bonds is 2. The fraction of sp³-hybridized carbons (Fsp3) is 0.333. The van der Waals surface area contributed by atoms with Crippen molar-refractivity contribution in [2.75, 3.05) is 0 Å². The van der Waals surface area contributed by atoms with Crippen LogP contribution in [0, 0.1) is 6.92 Å². The average molecular weight is 336 g/mol. The molecule has 0 saturated carbocycles. The maximum atomic E-state index is 12.3. The van der Waals surface area contributed by atoms with Crippen molar-refractivity contribution in [3.63, 3.8) is 0 Å². The number of aromatic nitrogens is 2. The van der Waals surface area contributed by atoms with Gasteiger partial charge in [-0.15, -0.1) is 0 Å². The van der Waals surface area contributed by atoms with Gasteiger partial charge in [-0.05, 0) is 50.8 Å². The molecule has 0 aliphatic rings. The van der Waals surface area contributed by atoms with Gasteiger partial charge in [-0.25, -0.2) is 4.68 Å². The summed E-state index contributed by atoms with van der Waals surface area (Å²) < 4.78 is 6.89. The molecule has 1 heterocycles. The Morgan fingerprint density at radius 1 is 1.32 bits per heavy atom. The van der Waals surface area contributed by atoms with Gasteiger partial charge in [0.25, 0.3) is 0 Å². The second-order valence-electron chi connectivity index (χ2n) is 5.27. The molecule has 22 heavy (non-hydrogen) atoms. The first kappa shape index (κ1) is 16.6. The van der Waals surface area contributed by atoms with E-state index in [2.05, 4.69) is 5.10 Å². The summed E-state index contributed by atoms with van der Waals surface area (Å²) in [4.78, 5) is 23.3. The zero-order chi connectivity index (χ0) is 16.5. The molecule has 1 aromatic heterocycles. The number of thiocarbonyl (C=S) groups is 1. The van der Waals surface area contributed by atoms with Gasteiger partial charge in [0.2, 0.25) is 5.12 Å². The summed E-state index contributed by atoms with van der Waals surface area (Å²) in [7, 11) is 0. The van der Waals surface area contributed by atoms with Crippen LogP contribution in [0.4, 0.5) is 0 Å². The van der Waals surface area contributed by atoms with Crippen LogP contribution in [-0.4, -0.2) is 30.8 Å².